The molecular formula is C11H22OS2. The van der Waals surface area contributed by atoms with Crippen molar-refractivity contribution in [2.75, 3.05) is 23.9 Å². The first kappa shape index (κ1) is 12.7. The van der Waals surface area contributed by atoms with Crippen LogP contribution in [0.25, 0.3) is 0 Å². The zero-order valence-electron chi connectivity index (χ0n) is 9.24. The van der Waals surface area contributed by atoms with Crippen molar-refractivity contribution in [3.8, 4) is 0 Å². The maximum absolute atomic E-state index is 5.59. The standard InChI is InChI=1S/C11H22OS2/c1-9(2)10(6-13)7-14-8-11-4-3-5-12-11/h9-11,13H,3-8H2,1-2H3. The molecule has 1 aliphatic rings. The summed E-state index contributed by atoms with van der Waals surface area (Å²) in [4.78, 5) is 0. The van der Waals surface area contributed by atoms with Gasteiger partial charge in [-0.05, 0) is 36.2 Å². The van der Waals surface area contributed by atoms with Crippen molar-refractivity contribution in [3.63, 3.8) is 0 Å². The number of hydrogen-bond donors (Lipinski definition) is 1. The predicted octanol–water partition coefficient (Wildman–Crippen LogP) is 3.10. The quantitative estimate of drug-likeness (QED) is 0.707. The third kappa shape index (κ3) is 4.45. The average molecular weight is 234 g/mol. The Labute approximate surface area is 97.8 Å². The molecule has 0 saturated carbocycles. The summed E-state index contributed by atoms with van der Waals surface area (Å²) in [7, 11) is 0. The lowest BCUT2D eigenvalue weighted by Gasteiger charge is -2.18. The van der Waals surface area contributed by atoms with E-state index in [2.05, 4.69) is 26.5 Å². The molecule has 2 unspecified atom stereocenters. The molecule has 0 N–H and O–H groups in total. The summed E-state index contributed by atoms with van der Waals surface area (Å²) in [6, 6.07) is 0. The van der Waals surface area contributed by atoms with Gasteiger partial charge in [-0.2, -0.15) is 24.4 Å². The van der Waals surface area contributed by atoms with Crippen molar-refractivity contribution < 1.29 is 4.74 Å². The fraction of sp³-hybridized carbons (Fsp3) is 1.00. The Bertz CT molecular complexity index is 144. The van der Waals surface area contributed by atoms with E-state index >= 15 is 0 Å². The maximum atomic E-state index is 5.59. The van der Waals surface area contributed by atoms with Crippen molar-refractivity contribution in [3.05, 3.63) is 0 Å². The van der Waals surface area contributed by atoms with Crippen LogP contribution in [0.15, 0.2) is 0 Å². The number of thioether (sulfide) groups is 1. The molecule has 1 heterocycles. The predicted molar refractivity (Wildman–Crippen MR) is 68.5 cm³/mol. The zero-order chi connectivity index (χ0) is 10.4. The first-order chi connectivity index (χ1) is 6.74. The van der Waals surface area contributed by atoms with Crippen molar-refractivity contribution >= 4 is 24.4 Å². The van der Waals surface area contributed by atoms with Crippen LogP contribution in [0.2, 0.25) is 0 Å². The summed E-state index contributed by atoms with van der Waals surface area (Å²) in [6.07, 6.45) is 3.05. The van der Waals surface area contributed by atoms with E-state index < -0.39 is 0 Å². The second-order valence-corrected chi connectivity index (χ2v) is 5.80. The summed E-state index contributed by atoms with van der Waals surface area (Å²) in [5.41, 5.74) is 0. The Kier molecular flexibility index (Phi) is 6.38. The van der Waals surface area contributed by atoms with Crippen LogP contribution >= 0.6 is 24.4 Å². The highest BCUT2D eigenvalue weighted by Gasteiger charge is 2.17. The molecule has 0 amide bonds. The van der Waals surface area contributed by atoms with Crippen LogP contribution in [0, 0.1) is 11.8 Å². The van der Waals surface area contributed by atoms with Crippen LogP contribution in [0.4, 0.5) is 0 Å². The second-order valence-electron chi connectivity index (χ2n) is 4.36. The largest absolute Gasteiger partial charge is 0.377 e. The minimum atomic E-state index is 0.535. The van der Waals surface area contributed by atoms with Gasteiger partial charge in [-0.1, -0.05) is 13.8 Å². The highest BCUT2D eigenvalue weighted by Crippen LogP contribution is 2.22. The van der Waals surface area contributed by atoms with E-state index in [9.17, 15) is 0 Å². The van der Waals surface area contributed by atoms with Crippen LogP contribution in [-0.2, 0) is 4.74 Å². The summed E-state index contributed by atoms with van der Waals surface area (Å²) in [5.74, 6) is 4.93. The molecular weight excluding hydrogens is 212 g/mol. The molecule has 0 radical (unpaired) electrons. The SMILES string of the molecule is CC(C)C(CS)CSCC1CCCO1. The van der Waals surface area contributed by atoms with E-state index in [4.69, 9.17) is 4.74 Å². The van der Waals surface area contributed by atoms with Gasteiger partial charge in [-0.25, -0.2) is 0 Å². The first-order valence-corrected chi connectivity index (χ1v) is 7.33. The Morgan fingerprint density at radius 3 is 2.79 bits per heavy atom. The van der Waals surface area contributed by atoms with Crippen molar-refractivity contribution in [2.45, 2.75) is 32.8 Å². The third-order valence-corrected chi connectivity index (χ3v) is 4.58. The van der Waals surface area contributed by atoms with Gasteiger partial charge < -0.3 is 4.74 Å². The average Bonchev–Trinajstić information content (AvgIpc) is 2.64. The van der Waals surface area contributed by atoms with Gasteiger partial charge in [-0.3, -0.25) is 0 Å². The number of hydrogen-bond acceptors (Lipinski definition) is 3. The molecule has 1 rings (SSSR count). The zero-order valence-corrected chi connectivity index (χ0v) is 10.9. The van der Waals surface area contributed by atoms with Crippen LogP contribution in [-0.4, -0.2) is 30.0 Å². The molecule has 0 aromatic rings. The van der Waals surface area contributed by atoms with E-state index in [0.717, 1.165) is 24.2 Å². The van der Waals surface area contributed by atoms with E-state index in [1.165, 1.54) is 24.3 Å². The van der Waals surface area contributed by atoms with Gasteiger partial charge in [0.1, 0.15) is 0 Å². The summed E-state index contributed by atoms with van der Waals surface area (Å²) in [6.45, 7) is 5.55. The Hall–Kier alpha value is 0.660. The van der Waals surface area contributed by atoms with Gasteiger partial charge in [0.15, 0.2) is 0 Å². The molecule has 0 aromatic heterocycles. The fourth-order valence-electron chi connectivity index (χ4n) is 1.58. The van der Waals surface area contributed by atoms with Crippen LogP contribution in [0.5, 0.6) is 0 Å². The normalized spacial score (nSPS) is 24.4. The molecule has 0 aromatic carbocycles. The minimum absolute atomic E-state index is 0.535. The minimum Gasteiger partial charge on any atom is -0.377 e. The number of thiol groups is 1. The Morgan fingerprint density at radius 1 is 1.50 bits per heavy atom. The van der Waals surface area contributed by atoms with Gasteiger partial charge in [0, 0.05) is 12.4 Å². The van der Waals surface area contributed by atoms with E-state index in [-0.39, 0.29) is 0 Å². The molecule has 1 fully saturated rings. The van der Waals surface area contributed by atoms with Crippen LogP contribution < -0.4 is 0 Å². The summed E-state index contributed by atoms with van der Waals surface area (Å²) in [5, 5.41) is 0. The van der Waals surface area contributed by atoms with E-state index in [1.54, 1.807) is 0 Å². The molecule has 2 atom stereocenters. The van der Waals surface area contributed by atoms with Crippen LogP contribution in [0.1, 0.15) is 26.7 Å². The van der Waals surface area contributed by atoms with Gasteiger partial charge in [0.05, 0.1) is 6.10 Å². The highest BCUT2D eigenvalue weighted by atomic mass is 32.2. The van der Waals surface area contributed by atoms with Crippen LogP contribution in [0.3, 0.4) is 0 Å². The second kappa shape index (κ2) is 7.02. The number of rotatable bonds is 6. The number of ether oxygens (including phenoxy) is 1. The smallest absolute Gasteiger partial charge is 0.0666 e. The Morgan fingerprint density at radius 2 is 2.29 bits per heavy atom. The first-order valence-electron chi connectivity index (χ1n) is 5.54. The third-order valence-electron chi connectivity index (χ3n) is 2.84. The Balaban J connectivity index is 2.06. The van der Waals surface area contributed by atoms with Gasteiger partial charge >= 0.3 is 0 Å². The van der Waals surface area contributed by atoms with E-state index in [0.29, 0.717) is 6.10 Å². The van der Waals surface area contributed by atoms with Crippen molar-refractivity contribution in [1.29, 1.82) is 0 Å². The van der Waals surface area contributed by atoms with Gasteiger partial charge in [0.2, 0.25) is 0 Å². The molecule has 3 heteroatoms. The summed E-state index contributed by atoms with van der Waals surface area (Å²) >= 11 is 6.43. The summed E-state index contributed by atoms with van der Waals surface area (Å²) < 4.78 is 5.59. The van der Waals surface area contributed by atoms with E-state index in [1.807, 2.05) is 11.8 Å². The molecule has 0 spiro atoms. The molecule has 0 bridgehead atoms. The lowest BCUT2D eigenvalue weighted by Crippen LogP contribution is -2.16. The maximum Gasteiger partial charge on any atom is 0.0666 e. The van der Waals surface area contributed by atoms with Crippen molar-refractivity contribution in [1.82, 2.24) is 0 Å². The fourth-order valence-corrected chi connectivity index (χ4v) is 3.78. The molecule has 1 aliphatic heterocycles. The highest BCUT2D eigenvalue weighted by molar-refractivity contribution is 7.99. The molecule has 1 saturated heterocycles. The van der Waals surface area contributed by atoms with Gasteiger partial charge in [-0.15, -0.1) is 0 Å². The molecule has 14 heavy (non-hydrogen) atoms. The molecule has 1 nitrogen and oxygen atoms in total. The molecule has 84 valence electrons. The monoisotopic (exact) mass is 234 g/mol. The molecule has 0 aliphatic carbocycles. The lowest BCUT2D eigenvalue weighted by atomic mass is 10.0. The van der Waals surface area contributed by atoms with Gasteiger partial charge in [0.25, 0.3) is 0 Å². The topological polar surface area (TPSA) is 9.23 Å². The lowest BCUT2D eigenvalue weighted by molar-refractivity contribution is 0.129. The van der Waals surface area contributed by atoms with Crippen molar-refractivity contribution in [2.24, 2.45) is 11.8 Å².